The van der Waals surface area contributed by atoms with Crippen molar-refractivity contribution in [1.82, 2.24) is 0 Å². The van der Waals surface area contributed by atoms with E-state index < -0.39 is 0 Å². The summed E-state index contributed by atoms with van der Waals surface area (Å²) in [5, 5.41) is 0.594. The molecule has 0 unspecified atom stereocenters. The Balaban J connectivity index is 5.55. The first-order chi connectivity index (χ1) is 8.62. The number of hydrogen-bond donors (Lipinski definition) is 0. The highest BCUT2D eigenvalue weighted by Gasteiger charge is 2.49. The van der Waals surface area contributed by atoms with Crippen molar-refractivity contribution in [3.05, 3.63) is 0 Å². The van der Waals surface area contributed by atoms with E-state index in [-0.39, 0.29) is 0 Å². The molecule has 0 nitrogen and oxygen atoms in total. The molecule has 0 bridgehead atoms. The second-order valence-corrected chi connectivity index (χ2v) is 6.01. The van der Waals surface area contributed by atoms with Crippen LogP contribution in [0, 0.1) is 0 Å². The van der Waals surface area contributed by atoms with Crippen LogP contribution in [0.2, 0.25) is 43.0 Å². The van der Waals surface area contributed by atoms with Gasteiger partial charge in [-0.2, -0.15) is 0 Å². The fourth-order valence-corrected chi connectivity index (χ4v) is 5.01. The standard InChI is InChI=1S/C15H35B3/c1-8-15(16(9-2)10-3,17(11-4)12-5)18(13-6)14-7/h8-14H2,1-7H3. The smallest absolute Gasteiger partial charge is 0.0920 e. The van der Waals surface area contributed by atoms with Gasteiger partial charge in [-0.1, -0.05) is 97.9 Å². The quantitative estimate of drug-likeness (QED) is 0.427. The lowest BCUT2D eigenvalue weighted by atomic mass is 8.96. The van der Waals surface area contributed by atoms with Crippen LogP contribution < -0.4 is 0 Å². The summed E-state index contributed by atoms with van der Waals surface area (Å²) in [6, 6.07) is 0. The molecule has 0 atom stereocenters. The van der Waals surface area contributed by atoms with Gasteiger partial charge >= 0.3 is 0 Å². The SMILES string of the molecule is CCB(CC)C(CC)(B(CC)CC)B(CC)CC. The topological polar surface area (TPSA) is 0 Å². The van der Waals surface area contributed by atoms with Crippen molar-refractivity contribution in [2.75, 3.05) is 0 Å². The van der Waals surface area contributed by atoms with Crippen molar-refractivity contribution < 1.29 is 0 Å². The summed E-state index contributed by atoms with van der Waals surface area (Å²) < 4.78 is 0. The predicted molar refractivity (Wildman–Crippen MR) is 93.1 cm³/mol. The summed E-state index contributed by atoms with van der Waals surface area (Å²) in [5.41, 5.74) is 0. The zero-order valence-electron chi connectivity index (χ0n) is 14.2. The van der Waals surface area contributed by atoms with E-state index in [4.69, 9.17) is 0 Å². The Hall–Kier alpha value is 0.195. The molecule has 0 rings (SSSR count). The molecule has 0 saturated heterocycles. The van der Waals surface area contributed by atoms with E-state index in [2.05, 4.69) is 48.5 Å². The van der Waals surface area contributed by atoms with Crippen LogP contribution in [0.4, 0.5) is 0 Å². The van der Waals surface area contributed by atoms with Crippen LogP contribution in [-0.2, 0) is 0 Å². The molecule has 0 radical (unpaired) electrons. The summed E-state index contributed by atoms with van der Waals surface area (Å²) >= 11 is 0. The molecule has 0 aromatic carbocycles. The van der Waals surface area contributed by atoms with Crippen molar-refractivity contribution >= 4 is 20.1 Å². The third kappa shape index (κ3) is 3.39. The van der Waals surface area contributed by atoms with Crippen LogP contribution >= 0.6 is 0 Å². The lowest BCUT2D eigenvalue weighted by molar-refractivity contribution is 0.843. The molecule has 0 N–H and O–H groups in total. The maximum absolute atomic E-state index is 2.45. The molecule has 104 valence electrons. The van der Waals surface area contributed by atoms with Gasteiger partial charge < -0.3 is 0 Å². The number of rotatable bonds is 10. The van der Waals surface area contributed by atoms with E-state index in [0.29, 0.717) is 5.11 Å². The fourth-order valence-electron chi connectivity index (χ4n) is 5.01. The Morgan fingerprint density at radius 1 is 0.500 bits per heavy atom. The van der Waals surface area contributed by atoms with E-state index in [1.807, 2.05) is 0 Å². The third-order valence-corrected chi connectivity index (χ3v) is 5.85. The Labute approximate surface area is 118 Å². The Morgan fingerprint density at radius 3 is 0.833 bits per heavy atom. The maximum Gasteiger partial charge on any atom is 0.130 e. The minimum Gasteiger partial charge on any atom is -0.0920 e. The van der Waals surface area contributed by atoms with Crippen molar-refractivity contribution in [3.63, 3.8) is 0 Å². The van der Waals surface area contributed by atoms with Gasteiger partial charge in [-0.05, 0) is 0 Å². The predicted octanol–water partition coefficient (Wildman–Crippen LogP) is 5.82. The summed E-state index contributed by atoms with van der Waals surface area (Å²) in [6.45, 7) is 19.6. The average molecular weight is 248 g/mol. The molecule has 0 aliphatic rings. The van der Waals surface area contributed by atoms with Crippen LogP contribution in [0.3, 0.4) is 0 Å². The molecule has 0 heterocycles. The third-order valence-electron chi connectivity index (χ3n) is 5.85. The fraction of sp³-hybridized carbons (Fsp3) is 1.00. The molecule has 0 amide bonds. The van der Waals surface area contributed by atoms with E-state index >= 15 is 0 Å². The normalized spacial score (nSPS) is 11.5. The van der Waals surface area contributed by atoms with Gasteiger partial charge in [-0.25, -0.2) is 0 Å². The Bertz CT molecular complexity index is 163. The van der Waals surface area contributed by atoms with E-state index in [0.717, 1.165) is 20.1 Å². The first-order valence-electron chi connectivity index (χ1n) is 8.62. The molecule has 0 fully saturated rings. The van der Waals surface area contributed by atoms with Gasteiger partial charge in [-0.3, -0.25) is 0 Å². The van der Waals surface area contributed by atoms with Crippen molar-refractivity contribution in [2.45, 2.75) is 97.9 Å². The van der Waals surface area contributed by atoms with Crippen molar-refractivity contribution in [3.8, 4) is 0 Å². The highest BCUT2D eigenvalue weighted by Crippen LogP contribution is 2.47. The summed E-state index contributed by atoms with van der Waals surface area (Å²) in [6.07, 6.45) is 9.52. The van der Waals surface area contributed by atoms with E-state index in [1.54, 1.807) is 0 Å². The van der Waals surface area contributed by atoms with Crippen molar-refractivity contribution in [2.24, 2.45) is 0 Å². The van der Waals surface area contributed by atoms with Gasteiger partial charge in [-0.15, -0.1) is 0 Å². The largest absolute Gasteiger partial charge is 0.130 e. The molecule has 0 aliphatic heterocycles. The van der Waals surface area contributed by atoms with Gasteiger partial charge in [0.1, 0.15) is 20.1 Å². The van der Waals surface area contributed by atoms with Gasteiger partial charge in [0, 0.05) is 0 Å². The van der Waals surface area contributed by atoms with Crippen molar-refractivity contribution in [1.29, 1.82) is 0 Å². The lowest BCUT2D eigenvalue weighted by Crippen LogP contribution is -2.53. The van der Waals surface area contributed by atoms with Gasteiger partial charge in [0.25, 0.3) is 0 Å². The highest BCUT2D eigenvalue weighted by atomic mass is 14.1. The van der Waals surface area contributed by atoms with Crippen LogP contribution in [0.1, 0.15) is 54.9 Å². The Morgan fingerprint density at radius 2 is 0.722 bits per heavy atom. The molecule has 3 heteroatoms. The minimum absolute atomic E-state index is 0.594. The van der Waals surface area contributed by atoms with Crippen LogP contribution in [0.25, 0.3) is 0 Å². The summed E-state index contributed by atoms with van der Waals surface area (Å²) in [5.74, 6) is 0. The minimum atomic E-state index is 0.594. The molecular weight excluding hydrogens is 213 g/mol. The molecule has 18 heavy (non-hydrogen) atoms. The number of hydrogen-bond acceptors (Lipinski definition) is 0. The van der Waals surface area contributed by atoms with Gasteiger partial charge in [0.15, 0.2) is 0 Å². The maximum atomic E-state index is 2.45. The molecule has 0 saturated carbocycles. The second-order valence-electron chi connectivity index (χ2n) is 6.01. The molecule has 0 spiro atoms. The molecule has 0 aliphatic carbocycles. The van der Waals surface area contributed by atoms with Gasteiger partial charge in [0.05, 0.1) is 0 Å². The first-order valence-corrected chi connectivity index (χ1v) is 8.62. The Kier molecular flexibility index (Phi) is 9.25. The first kappa shape index (κ1) is 18.2. The molecule has 0 aromatic rings. The van der Waals surface area contributed by atoms with Crippen LogP contribution in [0.15, 0.2) is 0 Å². The highest BCUT2D eigenvalue weighted by molar-refractivity contribution is 6.99. The van der Waals surface area contributed by atoms with Crippen LogP contribution in [-0.4, -0.2) is 20.1 Å². The van der Waals surface area contributed by atoms with E-state index in [9.17, 15) is 0 Å². The summed E-state index contributed by atoms with van der Waals surface area (Å²) in [4.78, 5) is 0. The monoisotopic (exact) mass is 248 g/mol. The van der Waals surface area contributed by atoms with Crippen LogP contribution in [0.5, 0.6) is 0 Å². The zero-order valence-corrected chi connectivity index (χ0v) is 14.2. The molecule has 0 aromatic heterocycles. The second kappa shape index (κ2) is 9.15. The molecular formula is C15H35B3. The van der Waals surface area contributed by atoms with Gasteiger partial charge in [0.2, 0.25) is 0 Å². The lowest BCUT2D eigenvalue weighted by Gasteiger charge is -2.47. The summed E-state index contributed by atoms with van der Waals surface area (Å²) in [7, 11) is 0. The average Bonchev–Trinajstić information content (AvgIpc) is 2.41. The van der Waals surface area contributed by atoms with E-state index in [1.165, 1.54) is 44.3 Å². The zero-order chi connectivity index (χ0) is 14.2.